The lowest BCUT2D eigenvalue weighted by Crippen LogP contribution is -2.29. The highest BCUT2D eigenvalue weighted by Crippen LogP contribution is 2.47. The summed E-state index contributed by atoms with van der Waals surface area (Å²) in [5.74, 6) is 0.494. The van der Waals surface area contributed by atoms with E-state index in [1.807, 2.05) is 18.2 Å². The number of aryl methyl sites for hydroxylation is 1. The first kappa shape index (κ1) is 21.3. The van der Waals surface area contributed by atoms with Crippen LogP contribution in [0.1, 0.15) is 18.7 Å². The topological polar surface area (TPSA) is 78.1 Å². The maximum atomic E-state index is 12.4. The number of nitrogens with one attached hydrogen (secondary N) is 2. The monoisotopic (exact) mass is 456 g/mol. The molecule has 0 bridgehead atoms. The Bertz CT molecular complexity index is 1320. The molecule has 0 aliphatic carbocycles. The van der Waals surface area contributed by atoms with E-state index in [2.05, 4.69) is 68.7 Å². The van der Waals surface area contributed by atoms with Gasteiger partial charge >= 0.3 is 0 Å². The number of H-pyrrole nitrogens is 1. The van der Waals surface area contributed by atoms with Gasteiger partial charge in [-0.2, -0.15) is 0 Å². The van der Waals surface area contributed by atoms with E-state index in [9.17, 15) is 9.59 Å². The Hall–Kier alpha value is -3.58. The lowest BCUT2D eigenvalue weighted by molar-refractivity contribution is -0.121. The Morgan fingerprint density at radius 1 is 0.939 bits per heavy atom. The summed E-state index contributed by atoms with van der Waals surface area (Å²) in [5, 5.41) is 3.56. The number of para-hydroxylation sites is 3. The van der Waals surface area contributed by atoms with Crippen LogP contribution in [-0.4, -0.2) is 29.0 Å². The van der Waals surface area contributed by atoms with E-state index in [0.717, 1.165) is 13.0 Å². The molecule has 1 aromatic heterocycles. The second-order valence-corrected chi connectivity index (χ2v) is 9.01. The van der Waals surface area contributed by atoms with Crippen molar-refractivity contribution in [3.63, 3.8) is 0 Å². The lowest BCUT2D eigenvalue weighted by Gasteiger charge is -2.32. The summed E-state index contributed by atoms with van der Waals surface area (Å²) in [6.07, 6.45) is 1.51. The first-order chi connectivity index (χ1) is 16.2. The summed E-state index contributed by atoms with van der Waals surface area (Å²) in [6, 6.07) is 24.1. The van der Waals surface area contributed by atoms with E-state index >= 15 is 0 Å². The Morgan fingerprint density at radius 2 is 1.61 bits per heavy atom. The summed E-state index contributed by atoms with van der Waals surface area (Å²) in [4.78, 5) is 36.6. The highest BCUT2D eigenvalue weighted by Gasteiger charge is 2.22. The van der Waals surface area contributed by atoms with Crippen molar-refractivity contribution in [1.82, 2.24) is 15.3 Å². The number of hydrogen-bond acceptors (Lipinski definition) is 5. The second kappa shape index (κ2) is 9.50. The fourth-order valence-corrected chi connectivity index (χ4v) is 5.16. The van der Waals surface area contributed by atoms with Crippen LogP contribution in [0.2, 0.25) is 0 Å². The van der Waals surface area contributed by atoms with Gasteiger partial charge in [-0.05, 0) is 42.8 Å². The number of aromatic nitrogens is 2. The molecule has 2 heterocycles. The average molecular weight is 457 g/mol. The van der Waals surface area contributed by atoms with Crippen LogP contribution in [0.4, 0.5) is 11.4 Å². The van der Waals surface area contributed by atoms with Crippen LogP contribution in [0.25, 0.3) is 10.9 Å². The van der Waals surface area contributed by atoms with Crippen LogP contribution in [-0.2, 0) is 11.2 Å². The maximum absolute atomic E-state index is 12.4. The molecule has 6 nitrogen and oxygen atoms in total. The third-order valence-corrected chi connectivity index (χ3v) is 6.79. The van der Waals surface area contributed by atoms with Crippen molar-refractivity contribution >= 4 is 39.9 Å². The minimum Gasteiger partial charge on any atom is -0.356 e. The predicted octanol–water partition coefficient (Wildman–Crippen LogP) is 4.66. The molecule has 4 aromatic rings. The molecule has 0 spiro atoms. The molecule has 0 radical (unpaired) electrons. The molecule has 1 aliphatic rings. The van der Waals surface area contributed by atoms with Crippen LogP contribution in [0.15, 0.2) is 87.4 Å². The van der Waals surface area contributed by atoms with Crippen LogP contribution in [0, 0.1) is 0 Å². The number of carbonyl (C=O) groups is 1. The molecule has 3 aromatic carbocycles. The Kier molecular flexibility index (Phi) is 6.13. The Balaban J connectivity index is 1.15. The van der Waals surface area contributed by atoms with Crippen LogP contribution in [0.3, 0.4) is 0 Å². The third kappa shape index (κ3) is 4.64. The molecule has 7 heteroatoms. The van der Waals surface area contributed by atoms with Gasteiger partial charge in [-0.3, -0.25) is 9.59 Å². The van der Waals surface area contributed by atoms with Gasteiger partial charge in [0.1, 0.15) is 5.82 Å². The SMILES string of the molecule is O=C(CCc1nc2ccccc2c(=O)[nH]1)NCCCN1c2ccccc2Sc2ccccc21. The molecule has 33 heavy (non-hydrogen) atoms. The maximum Gasteiger partial charge on any atom is 0.258 e. The molecule has 166 valence electrons. The number of fused-ring (bicyclic) bond motifs is 3. The number of hydrogen-bond donors (Lipinski definition) is 2. The summed E-state index contributed by atoms with van der Waals surface area (Å²) >= 11 is 1.79. The fraction of sp³-hybridized carbons (Fsp3) is 0.192. The smallest absolute Gasteiger partial charge is 0.258 e. The average Bonchev–Trinajstić information content (AvgIpc) is 2.84. The molecule has 0 atom stereocenters. The van der Waals surface area contributed by atoms with Crippen LogP contribution in [0.5, 0.6) is 0 Å². The molecule has 1 amide bonds. The van der Waals surface area contributed by atoms with Gasteiger partial charge in [0, 0.05) is 35.7 Å². The van der Waals surface area contributed by atoms with Gasteiger partial charge in [-0.25, -0.2) is 4.98 Å². The third-order valence-electron chi connectivity index (χ3n) is 5.66. The zero-order chi connectivity index (χ0) is 22.6. The molecule has 1 aliphatic heterocycles. The molecule has 0 saturated carbocycles. The van der Waals surface area contributed by atoms with Gasteiger partial charge in [0.25, 0.3) is 5.56 Å². The molecular weight excluding hydrogens is 432 g/mol. The fourth-order valence-electron chi connectivity index (χ4n) is 4.06. The summed E-state index contributed by atoms with van der Waals surface area (Å²) < 4.78 is 0. The van der Waals surface area contributed by atoms with Crippen molar-refractivity contribution in [3.8, 4) is 0 Å². The van der Waals surface area contributed by atoms with Crippen molar-refractivity contribution in [2.24, 2.45) is 0 Å². The van der Waals surface area contributed by atoms with Crippen LogP contribution < -0.4 is 15.8 Å². The molecule has 5 rings (SSSR count). The summed E-state index contributed by atoms with van der Waals surface area (Å²) in [5.41, 5.74) is 2.89. The zero-order valence-corrected chi connectivity index (χ0v) is 18.9. The predicted molar refractivity (Wildman–Crippen MR) is 132 cm³/mol. The highest BCUT2D eigenvalue weighted by atomic mass is 32.2. The zero-order valence-electron chi connectivity index (χ0n) is 18.1. The van der Waals surface area contributed by atoms with Crippen molar-refractivity contribution < 1.29 is 4.79 Å². The number of aromatic amines is 1. The van der Waals surface area contributed by atoms with Gasteiger partial charge in [0.2, 0.25) is 5.91 Å². The molecule has 0 fully saturated rings. The van der Waals surface area contributed by atoms with E-state index < -0.39 is 0 Å². The van der Waals surface area contributed by atoms with Crippen LogP contribution >= 0.6 is 11.8 Å². The van der Waals surface area contributed by atoms with Crippen molar-refractivity contribution in [2.45, 2.75) is 29.1 Å². The first-order valence-corrected chi connectivity index (χ1v) is 11.9. The molecule has 0 unspecified atom stereocenters. The molecular formula is C26H24N4O2S. The highest BCUT2D eigenvalue weighted by molar-refractivity contribution is 7.99. The molecule has 2 N–H and O–H groups in total. The molecule has 0 saturated heterocycles. The standard InChI is InChI=1S/C26H24N4O2S/c31-25(15-14-24-28-19-9-2-1-8-18(19)26(32)29-24)27-16-7-17-30-20-10-3-5-12-22(20)33-23-13-6-4-11-21(23)30/h1-6,8-13H,7,14-17H2,(H,27,31)(H,28,29,32). The largest absolute Gasteiger partial charge is 0.356 e. The van der Waals surface area contributed by atoms with Crippen molar-refractivity contribution in [2.75, 3.05) is 18.0 Å². The minimum absolute atomic E-state index is 0.0409. The van der Waals surface area contributed by atoms with Gasteiger partial charge in [-0.1, -0.05) is 48.2 Å². The number of anilines is 2. The normalized spacial score (nSPS) is 12.3. The number of benzene rings is 3. The van der Waals surface area contributed by atoms with Gasteiger partial charge in [0.05, 0.1) is 22.3 Å². The number of carbonyl (C=O) groups excluding carboxylic acids is 1. The lowest BCUT2D eigenvalue weighted by atomic mass is 10.2. The van der Waals surface area contributed by atoms with E-state index in [-0.39, 0.29) is 17.9 Å². The van der Waals surface area contributed by atoms with Gasteiger partial charge in [0.15, 0.2) is 0 Å². The van der Waals surface area contributed by atoms with Crippen molar-refractivity contribution in [1.29, 1.82) is 0 Å². The van der Waals surface area contributed by atoms with Gasteiger partial charge < -0.3 is 15.2 Å². The van der Waals surface area contributed by atoms with Gasteiger partial charge in [-0.15, -0.1) is 0 Å². The second-order valence-electron chi connectivity index (χ2n) is 7.92. The van der Waals surface area contributed by atoms with E-state index in [4.69, 9.17) is 0 Å². The summed E-state index contributed by atoms with van der Waals surface area (Å²) in [7, 11) is 0. The summed E-state index contributed by atoms with van der Waals surface area (Å²) in [6.45, 7) is 1.41. The Labute approximate surface area is 196 Å². The number of amides is 1. The minimum atomic E-state index is -0.170. The quantitative estimate of drug-likeness (QED) is 0.395. The van der Waals surface area contributed by atoms with E-state index in [0.29, 0.717) is 29.7 Å². The van der Waals surface area contributed by atoms with E-state index in [1.165, 1.54) is 21.2 Å². The first-order valence-electron chi connectivity index (χ1n) is 11.1. The number of nitrogens with zero attached hydrogens (tertiary/aromatic N) is 2. The van der Waals surface area contributed by atoms with E-state index in [1.54, 1.807) is 17.8 Å². The van der Waals surface area contributed by atoms with Crippen molar-refractivity contribution in [3.05, 3.63) is 89.0 Å². The number of rotatable bonds is 7. The Morgan fingerprint density at radius 3 is 2.36 bits per heavy atom.